The molecule has 0 radical (unpaired) electrons. The molecular formula is C18H21N2O2+. The van der Waals surface area contributed by atoms with E-state index in [0.717, 1.165) is 44.1 Å². The lowest BCUT2D eigenvalue weighted by molar-refractivity contribution is -0.134. The summed E-state index contributed by atoms with van der Waals surface area (Å²) >= 11 is 0. The van der Waals surface area contributed by atoms with Gasteiger partial charge in [0.25, 0.3) is 5.78 Å². The first-order chi connectivity index (χ1) is 10.6. The molecule has 2 fully saturated rings. The molecule has 0 amide bonds. The van der Waals surface area contributed by atoms with Crippen LogP contribution in [0.4, 0.5) is 0 Å². The van der Waals surface area contributed by atoms with E-state index >= 15 is 0 Å². The van der Waals surface area contributed by atoms with Crippen LogP contribution in [0.25, 0.3) is 0 Å². The topological polar surface area (TPSA) is 72.1 Å². The molecule has 0 spiro atoms. The number of ketones is 2. The lowest BCUT2D eigenvalue weighted by Crippen LogP contribution is -2.44. The highest BCUT2D eigenvalue weighted by atomic mass is 16.1. The van der Waals surface area contributed by atoms with Crippen molar-refractivity contribution < 1.29 is 14.4 Å². The van der Waals surface area contributed by atoms with Gasteiger partial charge in [0.1, 0.15) is 5.78 Å². The lowest BCUT2D eigenvalue weighted by Gasteiger charge is -2.48. The van der Waals surface area contributed by atoms with Gasteiger partial charge in [-0.25, -0.2) is 0 Å². The number of carbonyl (C=O) groups is 2. The molecule has 0 aromatic carbocycles. The van der Waals surface area contributed by atoms with Crippen molar-refractivity contribution in [1.29, 1.82) is 5.53 Å². The summed E-state index contributed by atoms with van der Waals surface area (Å²) in [7, 11) is 0. The van der Waals surface area contributed by atoms with Crippen LogP contribution < -0.4 is 0 Å². The first kappa shape index (κ1) is 13.8. The molecule has 4 nitrogen and oxygen atoms in total. The molecule has 4 rings (SSSR count). The van der Waals surface area contributed by atoms with Crippen molar-refractivity contribution in [1.82, 2.24) is 0 Å². The Bertz CT molecular complexity index is 696. The zero-order valence-corrected chi connectivity index (χ0v) is 12.9. The first-order valence-corrected chi connectivity index (χ1v) is 8.30. The fourth-order valence-electron chi connectivity index (χ4n) is 5.52. The Kier molecular flexibility index (Phi) is 2.89. The highest BCUT2D eigenvalue weighted by Gasteiger charge is 2.55. The molecule has 22 heavy (non-hydrogen) atoms. The second-order valence-corrected chi connectivity index (χ2v) is 7.43. The van der Waals surface area contributed by atoms with Gasteiger partial charge in [-0.05, 0) is 61.5 Å². The number of hydrogen-bond donors (Lipinski definition) is 1. The molecule has 4 aliphatic carbocycles. The zero-order chi connectivity index (χ0) is 15.5. The van der Waals surface area contributed by atoms with Gasteiger partial charge in [-0.2, -0.15) is 0 Å². The SMILES string of the molecule is CC12CCC3C4=C(CCC3C1CCC2=O)C(=[N+]=N)C(=O)C=C4. The molecule has 4 aliphatic rings. The van der Waals surface area contributed by atoms with Gasteiger partial charge < -0.3 is 0 Å². The summed E-state index contributed by atoms with van der Waals surface area (Å²) in [6.45, 7) is 2.17. The van der Waals surface area contributed by atoms with Crippen molar-refractivity contribution in [2.45, 2.75) is 45.4 Å². The van der Waals surface area contributed by atoms with E-state index in [1.807, 2.05) is 6.08 Å². The van der Waals surface area contributed by atoms with Crippen molar-refractivity contribution in [3.63, 3.8) is 0 Å². The number of fused-ring (bicyclic) bond motifs is 4. The largest absolute Gasteiger partial charge is 0.414 e. The van der Waals surface area contributed by atoms with Crippen LogP contribution in [0.2, 0.25) is 0 Å². The van der Waals surface area contributed by atoms with Crippen LogP contribution in [-0.2, 0) is 9.59 Å². The second-order valence-electron chi connectivity index (χ2n) is 7.43. The maximum atomic E-state index is 12.3. The minimum Gasteiger partial charge on any atom is -0.299 e. The van der Waals surface area contributed by atoms with Gasteiger partial charge in [0.2, 0.25) is 0 Å². The van der Waals surface area contributed by atoms with Crippen molar-refractivity contribution in [3.8, 4) is 0 Å². The number of nitrogens with one attached hydrogen (secondary N) is 1. The Hall–Kier alpha value is -1.80. The van der Waals surface area contributed by atoms with Crippen LogP contribution in [0.1, 0.15) is 45.4 Å². The predicted octanol–water partition coefficient (Wildman–Crippen LogP) is 2.91. The Morgan fingerprint density at radius 2 is 2.00 bits per heavy atom. The first-order valence-electron chi connectivity index (χ1n) is 8.30. The monoisotopic (exact) mass is 297 g/mol. The molecule has 0 heterocycles. The van der Waals surface area contributed by atoms with Gasteiger partial charge in [-0.1, -0.05) is 13.0 Å². The standard InChI is InChI=1S/C18H21N2O2/c1-18-9-8-11-10-4-6-15(21)17(20-19)13(10)3-2-12(11)14(18)5-7-16(18)22/h4,6,11-12,14,19H,2-3,5,7-9H2,1H3/q+1. The molecular weight excluding hydrogens is 276 g/mol. The van der Waals surface area contributed by atoms with E-state index in [9.17, 15) is 9.59 Å². The molecule has 4 unspecified atom stereocenters. The van der Waals surface area contributed by atoms with Gasteiger partial charge in [0.05, 0.1) is 15.9 Å². The van der Waals surface area contributed by atoms with E-state index in [0.29, 0.717) is 29.2 Å². The summed E-state index contributed by atoms with van der Waals surface area (Å²) in [6.07, 6.45) is 9.13. The molecule has 0 aromatic rings. The maximum absolute atomic E-state index is 12.3. The van der Waals surface area contributed by atoms with Crippen LogP contribution in [0.3, 0.4) is 0 Å². The fraction of sp³-hybridized carbons (Fsp3) is 0.611. The molecule has 2 saturated carbocycles. The second kappa shape index (κ2) is 4.60. The van der Waals surface area contributed by atoms with Gasteiger partial charge in [-0.15, -0.1) is 0 Å². The molecule has 4 atom stereocenters. The molecule has 0 bridgehead atoms. The smallest absolute Gasteiger partial charge is 0.299 e. The van der Waals surface area contributed by atoms with E-state index in [4.69, 9.17) is 5.53 Å². The van der Waals surface area contributed by atoms with Gasteiger partial charge in [0.15, 0.2) is 0 Å². The van der Waals surface area contributed by atoms with E-state index in [1.165, 1.54) is 5.57 Å². The Morgan fingerprint density at radius 3 is 2.77 bits per heavy atom. The van der Waals surface area contributed by atoms with E-state index in [2.05, 4.69) is 11.7 Å². The normalized spacial score (nSPS) is 40.2. The summed E-state index contributed by atoms with van der Waals surface area (Å²) in [5.41, 5.74) is 9.76. The molecule has 4 heteroatoms. The highest BCUT2D eigenvalue weighted by Crippen LogP contribution is 2.59. The van der Waals surface area contributed by atoms with E-state index in [1.54, 1.807) is 6.08 Å². The summed E-state index contributed by atoms with van der Waals surface area (Å²) in [5.74, 6) is 1.81. The third-order valence-corrected chi connectivity index (χ3v) is 6.67. The van der Waals surface area contributed by atoms with Gasteiger partial charge >= 0.3 is 5.71 Å². The number of carbonyl (C=O) groups excluding carboxylic acids is 2. The minimum absolute atomic E-state index is 0.111. The van der Waals surface area contributed by atoms with Gasteiger partial charge in [0, 0.05) is 11.8 Å². The summed E-state index contributed by atoms with van der Waals surface area (Å²) in [4.78, 5) is 27.7. The molecule has 1 N–H and O–H groups in total. The van der Waals surface area contributed by atoms with E-state index in [-0.39, 0.29) is 11.2 Å². The number of Topliss-reactive ketones (excluding diaryl/α,β-unsaturated/α-hetero) is 1. The molecule has 0 aromatic heterocycles. The summed E-state index contributed by atoms with van der Waals surface area (Å²) < 4.78 is 0. The number of allylic oxidation sites excluding steroid dienone is 4. The highest BCUT2D eigenvalue weighted by molar-refractivity contribution is 6.48. The third kappa shape index (κ3) is 1.65. The van der Waals surface area contributed by atoms with Crippen molar-refractivity contribution in [2.75, 3.05) is 0 Å². The summed E-state index contributed by atoms with van der Waals surface area (Å²) in [5, 5.41) is 0. The molecule has 114 valence electrons. The summed E-state index contributed by atoms with van der Waals surface area (Å²) in [6, 6.07) is 0. The number of hydrogen-bond acceptors (Lipinski definition) is 3. The van der Waals surface area contributed by atoms with Gasteiger partial charge in [-0.3, -0.25) is 9.59 Å². The van der Waals surface area contributed by atoms with Crippen LogP contribution in [0, 0.1) is 28.7 Å². The Balaban J connectivity index is 1.75. The number of rotatable bonds is 0. The predicted molar refractivity (Wildman–Crippen MR) is 80.4 cm³/mol. The minimum atomic E-state index is -0.135. The molecule has 0 saturated heterocycles. The maximum Gasteiger partial charge on any atom is 0.414 e. The quantitative estimate of drug-likeness (QED) is 0.424. The lowest BCUT2D eigenvalue weighted by atomic mass is 9.55. The van der Waals surface area contributed by atoms with Crippen molar-refractivity contribution in [3.05, 3.63) is 23.3 Å². The molecule has 0 aliphatic heterocycles. The van der Waals surface area contributed by atoms with E-state index < -0.39 is 0 Å². The average Bonchev–Trinajstić information content (AvgIpc) is 2.82. The van der Waals surface area contributed by atoms with Crippen molar-refractivity contribution >= 4 is 17.3 Å². The Labute approximate surface area is 129 Å². The Morgan fingerprint density at radius 1 is 1.18 bits per heavy atom. The van der Waals surface area contributed by atoms with Crippen LogP contribution >= 0.6 is 0 Å². The fourth-order valence-corrected chi connectivity index (χ4v) is 5.52. The third-order valence-electron chi connectivity index (χ3n) is 6.67. The zero-order valence-electron chi connectivity index (χ0n) is 12.9. The average molecular weight is 297 g/mol. The van der Waals surface area contributed by atoms with Crippen molar-refractivity contribution in [2.24, 2.45) is 23.2 Å². The van der Waals surface area contributed by atoms with Crippen LogP contribution in [0.15, 0.2) is 23.3 Å². The van der Waals surface area contributed by atoms with Crippen LogP contribution in [0.5, 0.6) is 0 Å². The van der Waals surface area contributed by atoms with Crippen LogP contribution in [-0.4, -0.2) is 22.1 Å². The number of nitrogens with zero attached hydrogens (tertiary/aromatic N) is 1.